The Morgan fingerprint density at radius 3 is 2.85 bits per heavy atom. The SMILES string of the molecule is COc1ccc(C(C)=O)cc1CSc1nnc(C[C@@H]2CCS(=O)(=O)C2)o1. The van der Waals surface area contributed by atoms with Gasteiger partial charge < -0.3 is 9.15 Å². The molecule has 0 N–H and O–H groups in total. The summed E-state index contributed by atoms with van der Waals surface area (Å²) in [5, 5.41) is 8.44. The standard InChI is InChI=1S/C17H20N2O5S2/c1-11(20)13-3-4-15(23-2)14(8-13)9-25-17-19-18-16(24-17)7-12-5-6-26(21,22)10-12/h3-4,8,12H,5-7,9-10H2,1-2H3/t12-/m0/s1. The van der Waals surface area contributed by atoms with Crippen molar-refractivity contribution in [2.24, 2.45) is 5.92 Å². The minimum Gasteiger partial charge on any atom is -0.496 e. The number of methoxy groups -OCH3 is 1. The van der Waals surface area contributed by atoms with Gasteiger partial charge in [0.15, 0.2) is 15.6 Å². The van der Waals surface area contributed by atoms with Crippen LogP contribution in [0.1, 0.15) is 35.2 Å². The van der Waals surface area contributed by atoms with Crippen molar-refractivity contribution in [2.45, 2.75) is 30.7 Å². The van der Waals surface area contributed by atoms with Gasteiger partial charge in [0.1, 0.15) is 5.75 Å². The first-order valence-corrected chi connectivity index (χ1v) is 11.0. The zero-order valence-electron chi connectivity index (χ0n) is 14.6. The first-order valence-electron chi connectivity index (χ1n) is 8.20. The predicted octanol–water partition coefficient (Wildman–Crippen LogP) is 2.55. The van der Waals surface area contributed by atoms with Gasteiger partial charge in [-0.1, -0.05) is 11.8 Å². The molecular weight excluding hydrogens is 376 g/mol. The van der Waals surface area contributed by atoms with E-state index in [0.29, 0.717) is 41.0 Å². The molecule has 1 aromatic heterocycles. The van der Waals surface area contributed by atoms with E-state index in [1.165, 1.54) is 18.7 Å². The summed E-state index contributed by atoms with van der Waals surface area (Å²) in [4.78, 5) is 11.6. The number of benzene rings is 1. The maximum atomic E-state index is 11.6. The zero-order valence-corrected chi connectivity index (χ0v) is 16.2. The van der Waals surface area contributed by atoms with Crippen molar-refractivity contribution >= 4 is 27.4 Å². The number of nitrogens with zero attached hydrogens (tertiary/aromatic N) is 2. The summed E-state index contributed by atoms with van der Waals surface area (Å²) in [5.74, 6) is 2.13. The molecule has 1 saturated heterocycles. The van der Waals surface area contributed by atoms with Gasteiger partial charge in [-0.15, -0.1) is 10.2 Å². The van der Waals surface area contributed by atoms with Crippen LogP contribution in [0.4, 0.5) is 0 Å². The molecule has 0 unspecified atom stereocenters. The summed E-state index contributed by atoms with van der Waals surface area (Å²) in [6.07, 6.45) is 1.12. The highest BCUT2D eigenvalue weighted by molar-refractivity contribution is 7.98. The normalized spacial score (nSPS) is 18.8. The highest BCUT2D eigenvalue weighted by Crippen LogP contribution is 2.29. The van der Waals surface area contributed by atoms with E-state index in [1.54, 1.807) is 25.3 Å². The Kier molecular flexibility index (Phi) is 5.67. The molecule has 7 nitrogen and oxygen atoms in total. The highest BCUT2D eigenvalue weighted by Gasteiger charge is 2.29. The Bertz CT molecular complexity index is 908. The van der Waals surface area contributed by atoms with Gasteiger partial charge in [-0.3, -0.25) is 4.79 Å². The number of carbonyl (C=O) groups excluding carboxylic acids is 1. The number of hydrogen-bond acceptors (Lipinski definition) is 8. The van der Waals surface area contributed by atoms with Crippen LogP contribution in [0, 0.1) is 5.92 Å². The van der Waals surface area contributed by atoms with E-state index < -0.39 is 9.84 Å². The third-order valence-electron chi connectivity index (χ3n) is 4.28. The van der Waals surface area contributed by atoms with Crippen molar-refractivity contribution in [1.82, 2.24) is 10.2 Å². The molecule has 0 aliphatic carbocycles. The third-order valence-corrected chi connectivity index (χ3v) is 6.98. The molecule has 0 radical (unpaired) electrons. The van der Waals surface area contributed by atoms with Crippen molar-refractivity contribution in [3.8, 4) is 5.75 Å². The summed E-state index contributed by atoms with van der Waals surface area (Å²) < 4.78 is 34.0. The number of aromatic nitrogens is 2. The Balaban J connectivity index is 1.63. The smallest absolute Gasteiger partial charge is 0.276 e. The molecule has 1 aliphatic rings. The summed E-state index contributed by atoms with van der Waals surface area (Å²) >= 11 is 1.35. The van der Waals surface area contributed by atoms with Crippen molar-refractivity contribution in [3.63, 3.8) is 0 Å². The first-order chi connectivity index (χ1) is 12.4. The van der Waals surface area contributed by atoms with Crippen molar-refractivity contribution in [1.29, 1.82) is 0 Å². The maximum absolute atomic E-state index is 11.6. The largest absolute Gasteiger partial charge is 0.496 e. The van der Waals surface area contributed by atoms with Crippen LogP contribution >= 0.6 is 11.8 Å². The number of ketones is 1. The molecule has 2 aromatic rings. The van der Waals surface area contributed by atoms with Crippen LogP contribution in [0.15, 0.2) is 27.8 Å². The fraction of sp³-hybridized carbons (Fsp3) is 0.471. The van der Waals surface area contributed by atoms with Gasteiger partial charge in [0.2, 0.25) is 5.89 Å². The van der Waals surface area contributed by atoms with Gasteiger partial charge in [-0.25, -0.2) is 8.42 Å². The minimum absolute atomic E-state index is 0.00880. The molecule has 1 fully saturated rings. The van der Waals surface area contributed by atoms with Gasteiger partial charge >= 0.3 is 0 Å². The molecule has 0 saturated carbocycles. The number of rotatable bonds is 7. The van der Waals surface area contributed by atoms with E-state index in [0.717, 1.165) is 5.56 Å². The van der Waals surface area contributed by atoms with Crippen LogP contribution < -0.4 is 4.74 Å². The van der Waals surface area contributed by atoms with E-state index in [2.05, 4.69) is 10.2 Å². The van der Waals surface area contributed by atoms with Crippen LogP contribution in [-0.4, -0.2) is 43.0 Å². The first kappa shape index (κ1) is 18.9. The van der Waals surface area contributed by atoms with E-state index in [9.17, 15) is 13.2 Å². The second kappa shape index (κ2) is 7.79. The summed E-state index contributed by atoms with van der Waals surface area (Å²) in [6.45, 7) is 1.52. The summed E-state index contributed by atoms with van der Waals surface area (Å²) in [6, 6.07) is 5.30. The average molecular weight is 396 g/mol. The van der Waals surface area contributed by atoms with Gasteiger partial charge in [0.05, 0.1) is 18.6 Å². The number of sulfone groups is 1. The topological polar surface area (TPSA) is 99.4 Å². The van der Waals surface area contributed by atoms with E-state index in [1.807, 2.05) is 0 Å². The van der Waals surface area contributed by atoms with Crippen LogP contribution in [-0.2, 0) is 22.0 Å². The lowest BCUT2D eigenvalue weighted by Crippen LogP contribution is -2.07. The molecule has 0 spiro atoms. The summed E-state index contributed by atoms with van der Waals surface area (Å²) in [7, 11) is -1.33. The lowest BCUT2D eigenvalue weighted by atomic mass is 10.1. The van der Waals surface area contributed by atoms with Crippen LogP contribution in [0.5, 0.6) is 5.75 Å². The minimum atomic E-state index is -2.91. The van der Waals surface area contributed by atoms with Crippen LogP contribution in [0.25, 0.3) is 0 Å². The second-order valence-electron chi connectivity index (χ2n) is 6.31. The Morgan fingerprint density at radius 2 is 2.19 bits per heavy atom. The third kappa shape index (κ3) is 4.64. The molecule has 1 aromatic carbocycles. The molecule has 0 bridgehead atoms. The number of hydrogen-bond donors (Lipinski definition) is 0. The van der Waals surface area contributed by atoms with Crippen molar-refractivity contribution in [3.05, 3.63) is 35.2 Å². The van der Waals surface area contributed by atoms with Gasteiger partial charge in [-0.2, -0.15) is 0 Å². The number of Topliss-reactive ketones (excluding diaryl/α,β-unsaturated/α-hetero) is 1. The number of ether oxygens (including phenoxy) is 1. The highest BCUT2D eigenvalue weighted by atomic mass is 32.2. The van der Waals surface area contributed by atoms with Crippen molar-refractivity contribution in [2.75, 3.05) is 18.6 Å². The van der Waals surface area contributed by atoms with E-state index in [4.69, 9.17) is 9.15 Å². The van der Waals surface area contributed by atoms with Gasteiger partial charge in [0.25, 0.3) is 5.22 Å². The lowest BCUT2D eigenvalue weighted by molar-refractivity contribution is 0.101. The van der Waals surface area contributed by atoms with Crippen LogP contribution in [0.2, 0.25) is 0 Å². The molecular formula is C17H20N2O5S2. The fourth-order valence-corrected chi connectivity index (χ4v) is 5.53. The molecule has 1 atom stereocenters. The lowest BCUT2D eigenvalue weighted by Gasteiger charge is -2.08. The average Bonchev–Trinajstić information content (AvgIpc) is 3.18. The second-order valence-corrected chi connectivity index (χ2v) is 9.46. The number of thioether (sulfide) groups is 1. The molecule has 9 heteroatoms. The predicted molar refractivity (Wildman–Crippen MR) is 97.3 cm³/mol. The molecule has 0 amide bonds. The number of carbonyl (C=O) groups is 1. The monoisotopic (exact) mass is 396 g/mol. The molecule has 2 heterocycles. The van der Waals surface area contributed by atoms with E-state index in [-0.39, 0.29) is 23.2 Å². The fourth-order valence-electron chi connectivity index (χ4n) is 2.91. The van der Waals surface area contributed by atoms with E-state index >= 15 is 0 Å². The molecule has 1 aliphatic heterocycles. The molecule has 140 valence electrons. The van der Waals surface area contributed by atoms with Gasteiger partial charge in [-0.05, 0) is 37.5 Å². The van der Waals surface area contributed by atoms with Crippen molar-refractivity contribution < 1.29 is 22.4 Å². The van der Waals surface area contributed by atoms with Crippen LogP contribution in [0.3, 0.4) is 0 Å². The summed E-state index contributed by atoms with van der Waals surface area (Å²) in [5.41, 5.74) is 1.49. The zero-order chi connectivity index (χ0) is 18.7. The molecule has 26 heavy (non-hydrogen) atoms. The quantitative estimate of drug-likeness (QED) is 0.520. The Hall–Kier alpha value is -1.87. The molecule has 3 rings (SSSR count). The van der Waals surface area contributed by atoms with Gasteiger partial charge in [0, 0.05) is 23.3 Å². The Labute approximate surface area is 156 Å². The Morgan fingerprint density at radius 1 is 1.38 bits per heavy atom. The maximum Gasteiger partial charge on any atom is 0.276 e.